The number of carboxylic acids is 1. The van der Waals surface area contributed by atoms with E-state index in [1.54, 1.807) is 45.0 Å². The molecule has 1 atom stereocenters. The van der Waals surface area contributed by atoms with Crippen LogP contribution in [-0.4, -0.2) is 40.3 Å². The zero-order chi connectivity index (χ0) is 37.5. The average Bonchev–Trinajstić information content (AvgIpc) is 3.06. The molecule has 50 heavy (non-hydrogen) atoms. The molecule has 3 aromatic rings. The van der Waals surface area contributed by atoms with E-state index in [4.69, 9.17) is 21.1 Å². The van der Waals surface area contributed by atoms with E-state index in [1.807, 2.05) is 6.07 Å². The number of carbonyl (C=O) groups is 4. The van der Waals surface area contributed by atoms with Gasteiger partial charge in [-0.15, -0.1) is 0 Å². The number of carboxylic acid groups (broad SMARTS) is 1. The second-order valence-corrected chi connectivity index (χ2v) is 15.4. The molecule has 270 valence electrons. The number of benzene rings is 3. The summed E-state index contributed by atoms with van der Waals surface area (Å²) < 4.78 is 11.9. The van der Waals surface area contributed by atoms with Crippen LogP contribution in [-0.2, 0) is 25.2 Å². The molecule has 0 aromatic heterocycles. The molecule has 3 N–H and O–H groups in total. The summed E-state index contributed by atoms with van der Waals surface area (Å²) in [5, 5.41) is 12.2. The molecule has 0 aliphatic rings. The van der Waals surface area contributed by atoms with Gasteiger partial charge in [-0.25, -0.2) is 4.79 Å². The van der Waals surface area contributed by atoms with Gasteiger partial charge < -0.3 is 25.2 Å². The Bertz CT molecular complexity index is 1690. The summed E-state index contributed by atoms with van der Waals surface area (Å²) in [5.74, 6) is -2.15. The number of anilines is 2. The molecule has 3 rings (SSSR count). The molecule has 9 nitrogen and oxygen atoms in total. The van der Waals surface area contributed by atoms with Gasteiger partial charge in [0.15, 0.2) is 0 Å². The van der Waals surface area contributed by atoms with Crippen LogP contribution < -0.4 is 20.1 Å². The fourth-order valence-electron chi connectivity index (χ4n) is 5.03. The minimum absolute atomic E-state index is 0.00181. The van der Waals surface area contributed by atoms with E-state index in [1.165, 1.54) is 29.8 Å². The van der Waals surface area contributed by atoms with E-state index in [-0.39, 0.29) is 40.2 Å². The van der Waals surface area contributed by atoms with Crippen molar-refractivity contribution in [3.63, 3.8) is 0 Å². The van der Waals surface area contributed by atoms with E-state index in [9.17, 15) is 24.3 Å². The smallest absolute Gasteiger partial charge is 0.335 e. The lowest BCUT2D eigenvalue weighted by Crippen LogP contribution is -2.54. The van der Waals surface area contributed by atoms with Crippen LogP contribution in [0.5, 0.6) is 11.5 Å². The first-order valence-electron chi connectivity index (χ1n) is 17.0. The molecule has 0 bridgehead atoms. The van der Waals surface area contributed by atoms with Crippen molar-refractivity contribution in [1.82, 2.24) is 0 Å². The van der Waals surface area contributed by atoms with Crippen LogP contribution in [0, 0.1) is 5.41 Å². The molecule has 0 saturated carbocycles. The molecule has 0 saturated heterocycles. The molecule has 2 amide bonds. The molecule has 0 heterocycles. The van der Waals surface area contributed by atoms with Crippen molar-refractivity contribution in [2.24, 2.45) is 5.41 Å². The lowest BCUT2D eigenvalue weighted by Gasteiger charge is -2.31. The standard InChI is InChI=1S/C40H51ClN2O7/c1-10-38(6,7)27-19-22-32(31(24-27)39(8,9)11-2)49-23-13-16-33(44)42-28-14-12-15-29(25-28)43-36(48)40(41,35(47)37(3,4)5)50-30-20-17-26(18-21-30)34(45)46/h12,14-15,17-22,24-25H,10-11,13,16,23H2,1-9H3,(H,42,44)(H,43,48)(H,45,46). The molecule has 0 spiro atoms. The van der Waals surface area contributed by atoms with Crippen molar-refractivity contribution in [2.75, 3.05) is 17.2 Å². The molecule has 0 radical (unpaired) electrons. The monoisotopic (exact) mass is 706 g/mol. The van der Waals surface area contributed by atoms with E-state index in [0.29, 0.717) is 18.7 Å². The van der Waals surface area contributed by atoms with Crippen molar-refractivity contribution in [2.45, 2.75) is 104 Å². The highest BCUT2D eigenvalue weighted by Crippen LogP contribution is 2.39. The fourth-order valence-corrected chi connectivity index (χ4v) is 5.45. The largest absolute Gasteiger partial charge is 0.493 e. The van der Waals surface area contributed by atoms with E-state index < -0.39 is 28.1 Å². The number of Topliss-reactive ketones (excluding diaryl/α,β-unsaturated/α-hetero) is 1. The third-order valence-corrected chi connectivity index (χ3v) is 9.51. The first kappa shape index (κ1) is 40.1. The summed E-state index contributed by atoms with van der Waals surface area (Å²) in [5.41, 5.74) is 2.06. The number of nitrogens with one attached hydrogen (secondary N) is 2. The molecule has 0 aliphatic heterocycles. The maximum absolute atomic E-state index is 13.5. The number of amides is 2. The molecular weight excluding hydrogens is 656 g/mol. The molecule has 3 aromatic carbocycles. The molecule has 0 aliphatic carbocycles. The van der Waals surface area contributed by atoms with Gasteiger partial charge >= 0.3 is 11.0 Å². The zero-order valence-electron chi connectivity index (χ0n) is 30.7. The fraction of sp³-hybridized carbons (Fsp3) is 0.450. The number of ether oxygens (including phenoxy) is 2. The van der Waals surface area contributed by atoms with Gasteiger partial charge in [-0.05, 0) is 84.2 Å². The highest BCUT2D eigenvalue weighted by Gasteiger charge is 2.51. The Balaban J connectivity index is 1.66. The van der Waals surface area contributed by atoms with E-state index in [0.717, 1.165) is 24.2 Å². The minimum atomic E-state index is -2.47. The SMILES string of the molecule is CCC(C)(C)c1ccc(OCCCC(=O)Nc2cccc(NC(=O)C(Cl)(Oc3ccc(C(=O)O)cc3)C(=O)C(C)(C)C)c2)c(C(C)(C)CC)c1. The number of carbonyl (C=O) groups excluding carboxylic acids is 3. The van der Waals surface area contributed by atoms with Crippen LogP contribution in [0.15, 0.2) is 66.7 Å². The predicted molar refractivity (Wildman–Crippen MR) is 199 cm³/mol. The number of rotatable bonds is 16. The average molecular weight is 707 g/mol. The van der Waals surface area contributed by atoms with Gasteiger partial charge in [-0.2, -0.15) is 0 Å². The van der Waals surface area contributed by atoms with Gasteiger partial charge in [0.1, 0.15) is 11.5 Å². The van der Waals surface area contributed by atoms with Crippen molar-refractivity contribution < 1.29 is 33.8 Å². The third-order valence-electron chi connectivity index (χ3n) is 9.09. The Kier molecular flexibility index (Phi) is 12.9. The Morgan fingerprint density at radius 2 is 1.38 bits per heavy atom. The van der Waals surface area contributed by atoms with Gasteiger partial charge in [-0.3, -0.25) is 14.4 Å². The maximum atomic E-state index is 13.5. The minimum Gasteiger partial charge on any atom is -0.493 e. The van der Waals surface area contributed by atoms with Crippen LogP contribution in [0.4, 0.5) is 11.4 Å². The molecule has 0 fully saturated rings. The van der Waals surface area contributed by atoms with Crippen LogP contribution in [0.3, 0.4) is 0 Å². The second-order valence-electron chi connectivity index (χ2n) is 14.8. The lowest BCUT2D eigenvalue weighted by molar-refractivity contribution is -0.144. The Labute approximate surface area is 301 Å². The zero-order valence-corrected chi connectivity index (χ0v) is 31.4. The first-order valence-corrected chi connectivity index (χ1v) is 17.4. The first-order chi connectivity index (χ1) is 23.2. The summed E-state index contributed by atoms with van der Waals surface area (Å²) in [6.45, 7) is 18.5. The van der Waals surface area contributed by atoms with Crippen molar-refractivity contribution in [3.8, 4) is 11.5 Å². The van der Waals surface area contributed by atoms with Crippen LogP contribution in [0.1, 0.15) is 109 Å². The summed E-state index contributed by atoms with van der Waals surface area (Å²) in [4.78, 5) is 51.0. The Morgan fingerprint density at radius 1 is 0.780 bits per heavy atom. The number of alkyl halides is 1. The van der Waals surface area contributed by atoms with Gasteiger partial charge in [-0.1, -0.05) is 92.1 Å². The molecule has 1 unspecified atom stereocenters. The Hall–Kier alpha value is -4.37. The number of hydrogen-bond donors (Lipinski definition) is 3. The van der Waals surface area contributed by atoms with Gasteiger partial charge in [0.25, 0.3) is 5.91 Å². The van der Waals surface area contributed by atoms with Crippen molar-refractivity contribution >= 4 is 46.5 Å². The molecular formula is C40H51ClN2O7. The number of halogens is 1. The Morgan fingerprint density at radius 3 is 1.94 bits per heavy atom. The van der Waals surface area contributed by atoms with E-state index >= 15 is 0 Å². The summed E-state index contributed by atoms with van der Waals surface area (Å²) in [6, 6.07) is 18.1. The predicted octanol–water partition coefficient (Wildman–Crippen LogP) is 9.13. The third kappa shape index (κ3) is 10.1. The number of aromatic carboxylic acids is 1. The molecule has 10 heteroatoms. The summed E-state index contributed by atoms with van der Waals surface area (Å²) in [6.07, 6.45) is 2.68. The van der Waals surface area contributed by atoms with E-state index in [2.05, 4.69) is 64.3 Å². The van der Waals surface area contributed by atoms with Gasteiger partial charge in [0.2, 0.25) is 11.7 Å². The van der Waals surface area contributed by atoms with Crippen LogP contribution in [0.2, 0.25) is 0 Å². The topological polar surface area (TPSA) is 131 Å². The summed E-state index contributed by atoms with van der Waals surface area (Å²) in [7, 11) is 0. The second kappa shape index (κ2) is 16.1. The van der Waals surface area contributed by atoms with Crippen LogP contribution >= 0.6 is 11.6 Å². The van der Waals surface area contributed by atoms with Gasteiger partial charge in [0.05, 0.1) is 12.2 Å². The normalized spacial score (nSPS) is 13.2. The van der Waals surface area contributed by atoms with Gasteiger partial charge in [0, 0.05) is 28.8 Å². The van der Waals surface area contributed by atoms with Crippen molar-refractivity contribution in [1.29, 1.82) is 0 Å². The number of ketones is 1. The lowest BCUT2D eigenvalue weighted by atomic mass is 9.76. The summed E-state index contributed by atoms with van der Waals surface area (Å²) >= 11 is 6.65. The van der Waals surface area contributed by atoms with Crippen LogP contribution in [0.25, 0.3) is 0 Å². The quantitative estimate of drug-likeness (QED) is 0.0769. The number of hydrogen-bond acceptors (Lipinski definition) is 6. The highest BCUT2D eigenvalue weighted by atomic mass is 35.5. The maximum Gasteiger partial charge on any atom is 0.335 e. The highest BCUT2D eigenvalue weighted by molar-refractivity contribution is 6.47. The van der Waals surface area contributed by atoms with Crippen molar-refractivity contribution in [3.05, 3.63) is 83.4 Å².